The van der Waals surface area contributed by atoms with Crippen LogP contribution in [0.4, 0.5) is 0 Å². The molecule has 6 heteroatoms. The number of aryl methyl sites for hydroxylation is 1. The molecular formula is C18H23N3O2S. The molecule has 0 spiro atoms. The van der Waals surface area contributed by atoms with Gasteiger partial charge < -0.3 is 14.6 Å². The molecule has 0 radical (unpaired) electrons. The first-order valence-electron chi connectivity index (χ1n) is 8.69. The minimum atomic E-state index is 0.204. The largest absolute Gasteiger partial charge is 0.459 e. The minimum absolute atomic E-state index is 0.204. The second-order valence-corrected chi connectivity index (χ2v) is 7.73. The van der Waals surface area contributed by atoms with Gasteiger partial charge >= 0.3 is 0 Å². The molecule has 0 bridgehead atoms. The summed E-state index contributed by atoms with van der Waals surface area (Å²) in [5.41, 5.74) is 0.847. The summed E-state index contributed by atoms with van der Waals surface area (Å²) < 4.78 is 5.61. The normalized spacial score (nSPS) is 24.0. The van der Waals surface area contributed by atoms with E-state index in [9.17, 15) is 4.79 Å². The first kappa shape index (κ1) is 15.8. The Morgan fingerprint density at radius 3 is 2.75 bits per heavy atom. The van der Waals surface area contributed by atoms with Crippen LogP contribution in [0.5, 0.6) is 0 Å². The number of hydrogen-bond acceptors (Lipinski definition) is 5. The monoisotopic (exact) mass is 345 g/mol. The van der Waals surface area contributed by atoms with Gasteiger partial charge in [0.05, 0.1) is 12.1 Å². The average Bonchev–Trinajstić information content (AvgIpc) is 3.27. The zero-order chi connectivity index (χ0) is 16.5. The summed E-state index contributed by atoms with van der Waals surface area (Å²) in [6, 6.07) is 3.87. The van der Waals surface area contributed by atoms with E-state index in [1.54, 1.807) is 0 Å². The molecule has 0 unspecified atom stereocenters. The van der Waals surface area contributed by atoms with E-state index in [2.05, 4.69) is 10.3 Å². The number of hydrogen-bond donors (Lipinski definition) is 1. The average molecular weight is 345 g/mol. The van der Waals surface area contributed by atoms with Gasteiger partial charge in [-0.25, -0.2) is 4.98 Å². The number of fused-ring (bicyclic) bond motifs is 1. The van der Waals surface area contributed by atoms with Crippen LogP contribution in [-0.2, 0) is 11.2 Å². The topological polar surface area (TPSA) is 58.4 Å². The summed E-state index contributed by atoms with van der Waals surface area (Å²) in [4.78, 5) is 19.3. The fraction of sp³-hybridized carbons (Fsp3) is 0.556. The van der Waals surface area contributed by atoms with E-state index in [1.165, 1.54) is 11.3 Å². The molecule has 4 rings (SSSR count). The number of thiazole rings is 1. The van der Waals surface area contributed by atoms with Crippen molar-refractivity contribution in [1.82, 2.24) is 15.2 Å². The fourth-order valence-corrected chi connectivity index (χ4v) is 4.56. The van der Waals surface area contributed by atoms with Crippen molar-refractivity contribution >= 4 is 17.2 Å². The first-order valence-corrected chi connectivity index (χ1v) is 9.57. The van der Waals surface area contributed by atoms with Gasteiger partial charge in [-0.1, -0.05) is 0 Å². The van der Waals surface area contributed by atoms with Gasteiger partial charge in [0, 0.05) is 18.5 Å². The van der Waals surface area contributed by atoms with Crippen LogP contribution in [0.1, 0.15) is 24.3 Å². The van der Waals surface area contributed by atoms with Crippen molar-refractivity contribution in [2.45, 2.75) is 26.2 Å². The zero-order valence-corrected chi connectivity index (χ0v) is 14.8. The number of nitrogens with zero attached hydrogens (tertiary/aromatic N) is 2. The highest BCUT2D eigenvalue weighted by atomic mass is 32.1. The summed E-state index contributed by atoms with van der Waals surface area (Å²) in [5, 5.41) is 6.30. The molecule has 2 saturated heterocycles. The van der Waals surface area contributed by atoms with Crippen molar-refractivity contribution in [3.05, 3.63) is 29.0 Å². The summed E-state index contributed by atoms with van der Waals surface area (Å²) in [5.74, 6) is 3.36. The van der Waals surface area contributed by atoms with E-state index < -0.39 is 0 Å². The SMILES string of the molecule is Cc1ccc(-c2nc(CC(=O)N3CC[C@@H]4CNC[C@@H]4CC3)cs2)o1. The molecule has 0 saturated carbocycles. The molecule has 5 nitrogen and oxygen atoms in total. The Morgan fingerprint density at radius 2 is 2.08 bits per heavy atom. The number of rotatable bonds is 3. The van der Waals surface area contributed by atoms with Crippen LogP contribution in [0.2, 0.25) is 0 Å². The number of nitrogens with one attached hydrogen (secondary N) is 1. The van der Waals surface area contributed by atoms with E-state index in [1.807, 2.05) is 29.3 Å². The molecule has 2 aromatic heterocycles. The van der Waals surface area contributed by atoms with E-state index in [0.29, 0.717) is 6.42 Å². The minimum Gasteiger partial charge on any atom is -0.459 e. The lowest BCUT2D eigenvalue weighted by molar-refractivity contribution is -0.130. The van der Waals surface area contributed by atoms with Gasteiger partial charge in [0.25, 0.3) is 0 Å². The highest BCUT2D eigenvalue weighted by molar-refractivity contribution is 7.13. The Morgan fingerprint density at radius 1 is 1.33 bits per heavy atom. The molecule has 1 N–H and O–H groups in total. The summed E-state index contributed by atoms with van der Waals surface area (Å²) in [6.07, 6.45) is 2.64. The molecule has 4 heterocycles. The highest BCUT2D eigenvalue weighted by Gasteiger charge is 2.31. The predicted molar refractivity (Wildman–Crippen MR) is 93.9 cm³/mol. The maximum absolute atomic E-state index is 12.6. The number of aromatic nitrogens is 1. The second-order valence-electron chi connectivity index (χ2n) is 6.87. The predicted octanol–water partition coefficient (Wildman–Crippen LogP) is 2.71. The van der Waals surface area contributed by atoms with E-state index in [-0.39, 0.29) is 5.91 Å². The van der Waals surface area contributed by atoms with Crippen LogP contribution in [-0.4, -0.2) is 42.0 Å². The Bertz CT molecular complexity index is 709. The molecule has 1 amide bonds. The lowest BCUT2D eigenvalue weighted by Crippen LogP contribution is -2.34. The lowest BCUT2D eigenvalue weighted by Gasteiger charge is -2.20. The quantitative estimate of drug-likeness (QED) is 0.929. The van der Waals surface area contributed by atoms with Crippen molar-refractivity contribution in [2.75, 3.05) is 26.2 Å². The van der Waals surface area contributed by atoms with Crippen LogP contribution in [0.15, 0.2) is 21.9 Å². The maximum atomic E-state index is 12.6. The maximum Gasteiger partial charge on any atom is 0.228 e. The number of carbonyl (C=O) groups excluding carboxylic acids is 1. The molecule has 2 aliphatic rings. The molecular weight excluding hydrogens is 322 g/mol. The second kappa shape index (κ2) is 6.69. The summed E-state index contributed by atoms with van der Waals surface area (Å²) in [7, 11) is 0. The summed E-state index contributed by atoms with van der Waals surface area (Å²) in [6.45, 7) is 5.92. The fourth-order valence-electron chi connectivity index (χ4n) is 3.79. The first-order chi connectivity index (χ1) is 11.7. The third-order valence-corrected chi connectivity index (χ3v) is 6.11. The zero-order valence-electron chi connectivity index (χ0n) is 14.0. The Labute approximate surface area is 146 Å². The molecule has 2 fully saturated rings. The summed E-state index contributed by atoms with van der Waals surface area (Å²) >= 11 is 1.54. The van der Waals surface area contributed by atoms with Gasteiger partial charge in [-0.05, 0) is 56.8 Å². The van der Waals surface area contributed by atoms with Crippen LogP contribution < -0.4 is 5.32 Å². The highest BCUT2D eigenvalue weighted by Crippen LogP contribution is 2.28. The van der Waals surface area contributed by atoms with Crippen LogP contribution in [0.25, 0.3) is 10.8 Å². The molecule has 0 aliphatic carbocycles. The van der Waals surface area contributed by atoms with Crippen molar-refractivity contribution in [1.29, 1.82) is 0 Å². The van der Waals surface area contributed by atoms with Gasteiger partial charge in [0.1, 0.15) is 5.76 Å². The Hall–Kier alpha value is -1.66. The smallest absolute Gasteiger partial charge is 0.228 e. The third kappa shape index (κ3) is 3.26. The van der Waals surface area contributed by atoms with Gasteiger partial charge in [-0.15, -0.1) is 11.3 Å². The van der Waals surface area contributed by atoms with Crippen LogP contribution in [0.3, 0.4) is 0 Å². The van der Waals surface area contributed by atoms with E-state index in [4.69, 9.17) is 4.42 Å². The van der Waals surface area contributed by atoms with Crippen LogP contribution >= 0.6 is 11.3 Å². The van der Waals surface area contributed by atoms with Crippen LogP contribution in [0, 0.1) is 18.8 Å². The van der Waals surface area contributed by atoms with Crippen molar-refractivity contribution in [2.24, 2.45) is 11.8 Å². The third-order valence-electron chi connectivity index (χ3n) is 5.21. The van der Waals surface area contributed by atoms with Crippen molar-refractivity contribution in [3.8, 4) is 10.8 Å². The molecule has 2 aliphatic heterocycles. The Kier molecular flexibility index (Phi) is 4.41. The standard InChI is InChI=1S/C18H23N3O2S/c1-12-2-3-16(23-12)18-20-15(11-24-18)8-17(22)21-6-4-13-9-19-10-14(13)5-7-21/h2-3,11,13-14,19H,4-10H2,1H3/t13-,14+. The van der Waals surface area contributed by atoms with Gasteiger partial charge in [0.2, 0.25) is 5.91 Å². The number of carbonyl (C=O) groups is 1. The molecule has 2 atom stereocenters. The van der Waals surface area contributed by atoms with E-state index in [0.717, 1.165) is 73.1 Å². The lowest BCUT2D eigenvalue weighted by atomic mass is 9.92. The number of furan rings is 1. The van der Waals surface area contributed by atoms with Gasteiger partial charge in [-0.2, -0.15) is 0 Å². The molecule has 24 heavy (non-hydrogen) atoms. The van der Waals surface area contributed by atoms with Gasteiger partial charge in [0.15, 0.2) is 10.8 Å². The van der Waals surface area contributed by atoms with Crippen molar-refractivity contribution in [3.63, 3.8) is 0 Å². The van der Waals surface area contributed by atoms with E-state index >= 15 is 0 Å². The number of likely N-dealkylation sites (tertiary alicyclic amines) is 1. The molecule has 0 aromatic carbocycles. The molecule has 2 aromatic rings. The number of amides is 1. The Balaban J connectivity index is 1.38. The molecule has 128 valence electrons. The van der Waals surface area contributed by atoms with Gasteiger partial charge in [-0.3, -0.25) is 4.79 Å². The van der Waals surface area contributed by atoms with Crippen molar-refractivity contribution < 1.29 is 9.21 Å².